The molecule has 1 amide bonds. The second-order valence-corrected chi connectivity index (χ2v) is 5.86. The van der Waals surface area contributed by atoms with Crippen LogP contribution in [-0.2, 0) is 14.3 Å². The zero-order valence-corrected chi connectivity index (χ0v) is 14.5. The number of amides is 1. The molecule has 0 saturated carbocycles. The molecule has 1 heterocycles. The summed E-state index contributed by atoms with van der Waals surface area (Å²) in [5.74, 6) is -0.997. The Morgan fingerprint density at radius 1 is 1.19 bits per heavy atom. The Hall–Kier alpha value is -3.20. The fourth-order valence-electron chi connectivity index (χ4n) is 1.88. The minimum absolute atomic E-state index is 0.0127. The van der Waals surface area contributed by atoms with E-state index in [1.54, 1.807) is 18.2 Å². The molecule has 1 aromatic carbocycles. The molecule has 9 heteroatoms. The fraction of sp³-hybridized carbons (Fsp3) is 0.176. The van der Waals surface area contributed by atoms with Crippen molar-refractivity contribution in [1.29, 1.82) is 0 Å². The van der Waals surface area contributed by atoms with Crippen molar-refractivity contribution in [3.8, 4) is 0 Å². The van der Waals surface area contributed by atoms with Crippen molar-refractivity contribution in [2.75, 3.05) is 25.0 Å². The molecular formula is C17H17N3O5S. The number of hydrogen-bond acceptors (Lipinski definition) is 7. The van der Waals surface area contributed by atoms with Crippen LogP contribution in [0.15, 0.2) is 47.2 Å². The van der Waals surface area contributed by atoms with Crippen molar-refractivity contribution in [2.45, 2.75) is 0 Å². The zero-order valence-electron chi connectivity index (χ0n) is 13.7. The predicted octanol–water partition coefficient (Wildman–Crippen LogP) is 2.44. The molecule has 8 nitrogen and oxygen atoms in total. The molecule has 0 atom stereocenters. The molecule has 0 bridgehead atoms. The normalized spacial score (nSPS) is 10.5. The number of ether oxygens (including phenoxy) is 1. The highest BCUT2D eigenvalue weighted by molar-refractivity contribution is 7.08. The second-order valence-electron chi connectivity index (χ2n) is 5.08. The van der Waals surface area contributed by atoms with E-state index < -0.39 is 16.8 Å². The van der Waals surface area contributed by atoms with E-state index in [9.17, 15) is 19.7 Å². The number of benzene rings is 1. The summed E-state index contributed by atoms with van der Waals surface area (Å²) in [6.45, 7) is 0.387. The Morgan fingerprint density at radius 2 is 1.96 bits per heavy atom. The smallest absolute Gasteiger partial charge is 0.331 e. The monoisotopic (exact) mass is 375 g/mol. The third-order valence-electron chi connectivity index (χ3n) is 3.15. The number of esters is 1. The predicted molar refractivity (Wildman–Crippen MR) is 98.9 cm³/mol. The molecule has 0 fully saturated rings. The molecule has 0 aliphatic carbocycles. The van der Waals surface area contributed by atoms with Crippen molar-refractivity contribution in [1.82, 2.24) is 5.32 Å². The van der Waals surface area contributed by atoms with Crippen LogP contribution >= 0.6 is 11.3 Å². The molecule has 2 N–H and O–H groups in total. The van der Waals surface area contributed by atoms with Crippen LogP contribution in [0.5, 0.6) is 0 Å². The van der Waals surface area contributed by atoms with Gasteiger partial charge in [0.05, 0.1) is 4.92 Å². The SMILES string of the molecule is O=C(COC(=O)/C=C/c1ccsc1)NCCNc1ccc([N+](=O)[O-])cc1. The van der Waals surface area contributed by atoms with Crippen LogP contribution in [0.4, 0.5) is 11.4 Å². The van der Waals surface area contributed by atoms with Crippen molar-refractivity contribution in [2.24, 2.45) is 0 Å². The molecule has 0 aliphatic heterocycles. The maximum Gasteiger partial charge on any atom is 0.331 e. The zero-order chi connectivity index (χ0) is 18.8. The lowest BCUT2D eigenvalue weighted by molar-refractivity contribution is -0.384. The molecule has 2 rings (SSSR count). The average molecular weight is 375 g/mol. The van der Waals surface area contributed by atoms with E-state index in [4.69, 9.17) is 4.74 Å². The van der Waals surface area contributed by atoms with Crippen LogP contribution in [-0.4, -0.2) is 36.5 Å². The van der Waals surface area contributed by atoms with Gasteiger partial charge in [0.1, 0.15) is 0 Å². The van der Waals surface area contributed by atoms with Gasteiger partial charge in [-0.3, -0.25) is 14.9 Å². The summed E-state index contributed by atoms with van der Waals surface area (Å²) < 4.78 is 4.83. The van der Waals surface area contributed by atoms with Crippen molar-refractivity contribution >= 4 is 40.7 Å². The maximum absolute atomic E-state index is 11.6. The quantitative estimate of drug-likeness (QED) is 0.229. The number of carbonyl (C=O) groups excluding carboxylic acids is 2. The Kier molecular flexibility index (Phi) is 7.31. The summed E-state index contributed by atoms with van der Waals surface area (Å²) in [6, 6.07) is 7.82. The highest BCUT2D eigenvalue weighted by Gasteiger charge is 2.05. The van der Waals surface area contributed by atoms with Gasteiger partial charge >= 0.3 is 5.97 Å². The van der Waals surface area contributed by atoms with Crippen LogP contribution in [0, 0.1) is 10.1 Å². The minimum atomic E-state index is -0.588. The topological polar surface area (TPSA) is 111 Å². The van der Waals surface area contributed by atoms with E-state index in [1.807, 2.05) is 16.8 Å². The lowest BCUT2D eigenvalue weighted by atomic mass is 10.3. The third-order valence-corrected chi connectivity index (χ3v) is 3.86. The number of nitro benzene ring substituents is 1. The highest BCUT2D eigenvalue weighted by Crippen LogP contribution is 2.14. The van der Waals surface area contributed by atoms with Crippen LogP contribution in [0.25, 0.3) is 6.08 Å². The van der Waals surface area contributed by atoms with E-state index >= 15 is 0 Å². The van der Waals surface area contributed by atoms with Gasteiger partial charge in [-0.25, -0.2) is 4.79 Å². The summed E-state index contributed by atoms with van der Waals surface area (Å²) in [6.07, 6.45) is 2.89. The van der Waals surface area contributed by atoms with Gasteiger partial charge < -0.3 is 15.4 Å². The number of hydrogen-bond donors (Lipinski definition) is 2. The van der Waals surface area contributed by atoms with E-state index in [2.05, 4.69) is 10.6 Å². The van der Waals surface area contributed by atoms with Gasteiger partial charge in [0.25, 0.3) is 11.6 Å². The largest absolute Gasteiger partial charge is 0.452 e. The number of anilines is 1. The van der Waals surface area contributed by atoms with Gasteiger partial charge in [0, 0.05) is 37.0 Å². The Bertz CT molecular complexity index is 772. The lowest BCUT2D eigenvalue weighted by Gasteiger charge is -2.08. The number of non-ortho nitro benzene ring substituents is 1. The van der Waals surface area contributed by atoms with Crippen LogP contribution < -0.4 is 10.6 Å². The van der Waals surface area contributed by atoms with Gasteiger partial charge in [0.2, 0.25) is 0 Å². The highest BCUT2D eigenvalue weighted by atomic mass is 32.1. The van der Waals surface area contributed by atoms with Gasteiger partial charge in [-0.1, -0.05) is 0 Å². The first-order valence-corrected chi connectivity index (χ1v) is 8.61. The summed E-state index contributed by atoms with van der Waals surface area (Å²) in [7, 11) is 0. The number of rotatable bonds is 9. The molecule has 1 aromatic heterocycles. The number of nitrogens with zero attached hydrogens (tertiary/aromatic N) is 1. The van der Waals surface area contributed by atoms with Gasteiger partial charge in [-0.2, -0.15) is 11.3 Å². The number of nitrogens with one attached hydrogen (secondary N) is 2. The van der Waals surface area contributed by atoms with E-state index in [-0.39, 0.29) is 12.3 Å². The lowest BCUT2D eigenvalue weighted by Crippen LogP contribution is -2.32. The number of thiophene rings is 1. The molecule has 0 unspecified atom stereocenters. The molecule has 0 aliphatic rings. The third kappa shape index (κ3) is 6.73. The summed E-state index contributed by atoms with van der Waals surface area (Å²) in [5, 5.41) is 19.9. The maximum atomic E-state index is 11.6. The average Bonchev–Trinajstić information content (AvgIpc) is 3.16. The molecule has 2 aromatic rings. The standard InChI is InChI=1S/C17H17N3O5S/c21-16(11-25-17(22)6-1-13-7-10-26-12-13)19-9-8-18-14-2-4-15(5-3-14)20(23)24/h1-7,10,12,18H,8-9,11H2,(H,19,21)/b6-1+. The number of nitro groups is 1. The first kappa shape index (κ1) is 19.1. The van der Waals surface area contributed by atoms with Gasteiger partial charge in [0.15, 0.2) is 6.61 Å². The molecule has 136 valence electrons. The van der Waals surface area contributed by atoms with E-state index in [1.165, 1.54) is 29.5 Å². The molecule has 0 radical (unpaired) electrons. The van der Waals surface area contributed by atoms with Crippen LogP contribution in [0.1, 0.15) is 5.56 Å². The first-order chi connectivity index (χ1) is 12.5. The molecule has 0 saturated heterocycles. The Balaban J connectivity index is 1.59. The molecular weight excluding hydrogens is 358 g/mol. The van der Waals surface area contributed by atoms with Gasteiger partial charge in [-0.05, 0) is 40.6 Å². The summed E-state index contributed by atoms with van der Waals surface area (Å²) >= 11 is 1.52. The van der Waals surface area contributed by atoms with E-state index in [0.717, 1.165) is 5.56 Å². The van der Waals surface area contributed by atoms with Crippen molar-refractivity contribution < 1.29 is 19.2 Å². The van der Waals surface area contributed by atoms with Crippen LogP contribution in [0.2, 0.25) is 0 Å². The Labute approximate surface area is 153 Å². The van der Waals surface area contributed by atoms with Crippen LogP contribution in [0.3, 0.4) is 0 Å². The fourth-order valence-corrected chi connectivity index (χ4v) is 2.51. The summed E-state index contributed by atoms with van der Waals surface area (Å²) in [4.78, 5) is 33.2. The van der Waals surface area contributed by atoms with E-state index in [0.29, 0.717) is 18.8 Å². The second kappa shape index (κ2) is 9.94. The Morgan fingerprint density at radius 3 is 2.62 bits per heavy atom. The van der Waals surface area contributed by atoms with Crippen molar-refractivity contribution in [3.63, 3.8) is 0 Å². The summed E-state index contributed by atoms with van der Waals surface area (Å²) in [5.41, 5.74) is 1.61. The van der Waals surface area contributed by atoms with Crippen molar-refractivity contribution in [3.05, 3.63) is 62.8 Å². The van der Waals surface area contributed by atoms with Gasteiger partial charge in [-0.15, -0.1) is 0 Å². The number of carbonyl (C=O) groups is 2. The minimum Gasteiger partial charge on any atom is -0.452 e. The first-order valence-electron chi connectivity index (χ1n) is 7.66. The molecule has 0 spiro atoms. The molecule has 26 heavy (non-hydrogen) atoms.